The Hall–Kier alpha value is -2.36. The smallest absolute Gasteiger partial charge is 0.174 e. The molecule has 3 aliphatic rings. The predicted molar refractivity (Wildman–Crippen MR) is 115 cm³/mol. The van der Waals surface area contributed by atoms with Crippen LogP contribution in [-0.2, 0) is 16.0 Å². The maximum atomic E-state index is 13.5. The molecule has 4 heteroatoms. The molecule has 0 spiro atoms. The topological polar surface area (TPSA) is 46.5 Å². The van der Waals surface area contributed by atoms with Crippen LogP contribution in [0.4, 0.5) is 0 Å². The van der Waals surface area contributed by atoms with Crippen molar-refractivity contribution in [1.82, 2.24) is 0 Å². The zero-order chi connectivity index (χ0) is 20.6. The second-order valence-corrected chi connectivity index (χ2v) is 9.05. The number of Topliss-reactive ketones (excluding diaryl/α,β-unsaturated/α-hetero) is 1. The van der Waals surface area contributed by atoms with E-state index in [0.717, 1.165) is 28.7 Å². The normalized spacial score (nSPS) is 32.3. The van der Waals surface area contributed by atoms with Crippen LogP contribution in [0.15, 0.2) is 60.4 Å². The molecule has 0 amide bonds. The van der Waals surface area contributed by atoms with Gasteiger partial charge in [-0.3, -0.25) is 4.79 Å². The summed E-state index contributed by atoms with van der Waals surface area (Å²) < 4.78 is 6.16. The third-order valence-electron chi connectivity index (χ3n) is 6.77. The number of ketones is 1. The molecular formula is C25H23ClO3. The van der Waals surface area contributed by atoms with Crippen LogP contribution in [0.1, 0.15) is 31.9 Å². The summed E-state index contributed by atoms with van der Waals surface area (Å²) in [6.45, 7) is 5.96. The van der Waals surface area contributed by atoms with E-state index >= 15 is 0 Å². The van der Waals surface area contributed by atoms with Crippen molar-refractivity contribution >= 4 is 23.0 Å². The molecule has 148 valence electrons. The largest absolute Gasteiger partial charge is 0.511 e. The molecule has 1 aliphatic carbocycles. The van der Waals surface area contributed by atoms with Crippen molar-refractivity contribution in [3.05, 3.63) is 76.5 Å². The first kappa shape index (κ1) is 18.7. The molecule has 29 heavy (non-hydrogen) atoms. The van der Waals surface area contributed by atoms with E-state index < -0.39 is 11.2 Å². The molecule has 1 N–H and O–H groups in total. The van der Waals surface area contributed by atoms with Gasteiger partial charge in [-0.1, -0.05) is 54.9 Å². The molecule has 0 aromatic heterocycles. The lowest BCUT2D eigenvalue weighted by Gasteiger charge is -2.26. The Balaban J connectivity index is 1.66. The molecule has 4 atom stereocenters. The van der Waals surface area contributed by atoms with Crippen LogP contribution < -0.4 is 0 Å². The summed E-state index contributed by atoms with van der Waals surface area (Å²) in [5.74, 6) is -0.565. The summed E-state index contributed by atoms with van der Waals surface area (Å²) in [5.41, 5.74) is 3.05. The zero-order valence-electron chi connectivity index (χ0n) is 16.7. The third kappa shape index (κ3) is 2.50. The van der Waals surface area contributed by atoms with Gasteiger partial charge in [0.2, 0.25) is 0 Å². The summed E-state index contributed by atoms with van der Waals surface area (Å²) >= 11 is 6.03. The van der Waals surface area contributed by atoms with Crippen LogP contribution in [0.5, 0.6) is 0 Å². The molecule has 0 saturated carbocycles. The molecule has 5 rings (SSSR count). The van der Waals surface area contributed by atoms with Gasteiger partial charge in [-0.15, -0.1) is 0 Å². The van der Waals surface area contributed by atoms with Crippen LogP contribution in [-0.4, -0.2) is 22.1 Å². The number of aliphatic hydroxyl groups is 1. The Kier molecular flexibility index (Phi) is 3.90. The summed E-state index contributed by atoms with van der Waals surface area (Å²) in [7, 11) is 0. The highest BCUT2D eigenvalue weighted by Crippen LogP contribution is 2.60. The summed E-state index contributed by atoms with van der Waals surface area (Å²) in [5, 5.41) is 11.9. The molecule has 2 aromatic rings. The Bertz CT molecular complexity index is 1100. The van der Waals surface area contributed by atoms with E-state index in [0.29, 0.717) is 10.6 Å². The van der Waals surface area contributed by atoms with E-state index in [-0.39, 0.29) is 23.4 Å². The minimum Gasteiger partial charge on any atom is -0.511 e. The van der Waals surface area contributed by atoms with E-state index in [1.54, 1.807) is 0 Å². The molecule has 2 bridgehead atoms. The number of ether oxygens (including phenoxy) is 1. The van der Waals surface area contributed by atoms with Crippen molar-refractivity contribution < 1.29 is 14.6 Å². The summed E-state index contributed by atoms with van der Waals surface area (Å²) in [6, 6.07) is 13.8. The van der Waals surface area contributed by atoms with Crippen LogP contribution in [0.2, 0.25) is 5.02 Å². The number of aryl methyl sites for hydroxylation is 1. The number of allylic oxidation sites excluding steroid dienone is 1. The van der Waals surface area contributed by atoms with Crippen molar-refractivity contribution in [2.45, 2.75) is 38.4 Å². The molecule has 2 unspecified atom stereocenters. The van der Waals surface area contributed by atoms with Gasteiger partial charge in [-0.2, -0.15) is 0 Å². The molecule has 2 heterocycles. The molecule has 0 radical (unpaired) electrons. The lowest BCUT2D eigenvalue weighted by Crippen LogP contribution is -2.36. The Labute approximate surface area is 175 Å². The number of carbonyl (C=O) groups is 1. The maximum absolute atomic E-state index is 13.5. The number of halogens is 1. The molecule has 1 fully saturated rings. The number of benzene rings is 2. The molecule has 2 aromatic carbocycles. The van der Waals surface area contributed by atoms with E-state index in [2.05, 4.69) is 13.0 Å². The van der Waals surface area contributed by atoms with E-state index in [9.17, 15) is 9.90 Å². The van der Waals surface area contributed by atoms with Gasteiger partial charge in [-0.25, -0.2) is 0 Å². The average molecular weight is 407 g/mol. The van der Waals surface area contributed by atoms with Crippen LogP contribution in [0.3, 0.4) is 0 Å². The fourth-order valence-electron chi connectivity index (χ4n) is 5.36. The van der Waals surface area contributed by atoms with Gasteiger partial charge < -0.3 is 9.84 Å². The highest BCUT2D eigenvalue weighted by atomic mass is 35.5. The summed E-state index contributed by atoms with van der Waals surface area (Å²) in [4.78, 5) is 13.5. The Morgan fingerprint density at radius 1 is 1.00 bits per heavy atom. The maximum Gasteiger partial charge on any atom is 0.174 e. The highest BCUT2D eigenvalue weighted by Gasteiger charge is 2.67. The molecular weight excluding hydrogens is 384 g/mol. The van der Waals surface area contributed by atoms with Crippen molar-refractivity contribution in [2.24, 2.45) is 11.8 Å². The van der Waals surface area contributed by atoms with Gasteiger partial charge in [0, 0.05) is 5.02 Å². The van der Waals surface area contributed by atoms with Gasteiger partial charge in [0.15, 0.2) is 5.78 Å². The molecule has 3 nitrogen and oxygen atoms in total. The minimum atomic E-state index is -0.660. The molecule has 1 saturated heterocycles. The highest BCUT2D eigenvalue weighted by molar-refractivity contribution is 6.30. The van der Waals surface area contributed by atoms with E-state index in [4.69, 9.17) is 16.3 Å². The van der Waals surface area contributed by atoms with Gasteiger partial charge >= 0.3 is 0 Å². The van der Waals surface area contributed by atoms with Gasteiger partial charge in [0.1, 0.15) is 5.76 Å². The number of hydrogen-bond acceptors (Lipinski definition) is 3. The SMILES string of the molecule is CCc1ccc(-c2ccc(Cl)cc2)cc1C1=C(O)[C@H]2[C@@H](C1=O)C1(C)C=CC2(C)O1. The van der Waals surface area contributed by atoms with Crippen molar-refractivity contribution in [1.29, 1.82) is 0 Å². The lowest BCUT2D eigenvalue weighted by molar-refractivity contribution is -0.120. The summed E-state index contributed by atoms with van der Waals surface area (Å²) in [6.07, 6.45) is 4.75. The third-order valence-corrected chi connectivity index (χ3v) is 7.02. The Morgan fingerprint density at radius 2 is 1.62 bits per heavy atom. The van der Waals surface area contributed by atoms with Crippen LogP contribution in [0.25, 0.3) is 16.7 Å². The number of fused-ring (bicyclic) bond motifs is 5. The van der Waals surface area contributed by atoms with Gasteiger partial charge in [0.25, 0.3) is 0 Å². The first-order valence-electron chi connectivity index (χ1n) is 10.0. The lowest BCUT2D eigenvalue weighted by atomic mass is 9.72. The van der Waals surface area contributed by atoms with Crippen molar-refractivity contribution in [2.75, 3.05) is 0 Å². The van der Waals surface area contributed by atoms with Crippen molar-refractivity contribution in [3.8, 4) is 11.1 Å². The first-order valence-corrected chi connectivity index (χ1v) is 10.4. The monoisotopic (exact) mass is 406 g/mol. The first-order chi connectivity index (χ1) is 13.8. The van der Waals surface area contributed by atoms with Crippen LogP contribution in [0, 0.1) is 11.8 Å². The average Bonchev–Trinajstić information content (AvgIpc) is 3.25. The number of rotatable bonds is 3. The quantitative estimate of drug-likeness (QED) is 0.658. The zero-order valence-corrected chi connectivity index (χ0v) is 17.5. The van der Waals surface area contributed by atoms with Crippen molar-refractivity contribution in [3.63, 3.8) is 0 Å². The molecule has 2 aliphatic heterocycles. The number of hydrogen-bond donors (Lipinski definition) is 1. The van der Waals surface area contributed by atoms with E-state index in [1.807, 2.05) is 62.4 Å². The second kappa shape index (κ2) is 6.07. The standard InChI is InChI=1S/C25H23ClO3/c1-4-14-5-6-16(15-7-9-17(26)10-8-15)13-18(14)19-22(27)20-21(23(19)28)25(3)12-11-24(20,2)29-25/h5-13,20-21,27H,4H2,1-3H3/t20-,21+,24?,25?/m1/s1. The fraction of sp³-hybridized carbons (Fsp3) is 0.320. The van der Waals surface area contributed by atoms with Crippen LogP contribution >= 0.6 is 11.6 Å². The second-order valence-electron chi connectivity index (χ2n) is 8.62. The predicted octanol–water partition coefficient (Wildman–Crippen LogP) is 5.77. The van der Waals surface area contributed by atoms with Gasteiger partial charge in [0.05, 0.1) is 28.6 Å². The Morgan fingerprint density at radius 3 is 2.24 bits per heavy atom. The minimum absolute atomic E-state index is 0.0222. The number of aliphatic hydroxyl groups excluding tert-OH is 1. The number of carbonyl (C=O) groups excluding carboxylic acids is 1. The fourth-order valence-corrected chi connectivity index (χ4v) is 5.48. The van der Waals surface area contributed by atoms with Gasteiger partial charge in [-0.05, 0) is 60.7 Å². The van der Waals surface area contributed by atoms with E-state index in [1.165, 1.54) is 0 Å².